The van der Waals surface area contributed by atoms with E-state index < -0.39 is 23.7 Å². The van der Waals surface area contributed by atoms with E-state index in [1.54, 1.807) is 32.9 Å². The van der Waals surface area contributed by atoms with E-state index in [1.807, 2.05) is 13.0 Å². The molecular formula is C15H20ClNO4. The van der Waals surface area contributed by atoms with E-state index in [9.17, 15) is 14.7 Å². The molecule has 0 unspecified atom stereocenters. The molecule has 6 heteroatoms. The molecule has 0 aliphatic rings. The van der Waals surface area contributed by atoms with Crippen LogP contribution in [0.5, 0.6) is 0 Å². The lowest BCUT2D eigenvalue weighted by atomic mass is 10.0. The van der Waals surface area contributed by atoms with Gasteiger partial charge in [-0.2, -0.15) is 0 Å². The van der Waals surface area contributed by atoms with Gasteiger partial charge < -0.3 is 15.2 Å². The first-order valence-corrected chi connectivity index (χ1v) is 6.93. The van der Waals surface area contributed by atoms with Crippen molar-refractivity contribution < 1.29 is 19.4 Å². The van der Waals surface area contributed by atoms with Crippen molar-refractivity contribution in [3.05, 3.63) is 34.3 Å². The highest BCUT2D eigenvalue weighted by Gasteiger charge is 2.24. The second-order valence-electron chi connectivity index (χ2n) is 5.84. The number of ether oxygens (including phenoxy) is 1. The molecule has 0 aliphatic heterocycles. The van der Waals surface area contributed by atoms with Crippen LogP contribution in [0.4, 0.5) is 4.79 Å². The second kappa shape index (κ2) is 6.80. The fourth-order valence-corrected chi connectivity index (χ4v) is 2.00. The quantitative estimate of drug-likeness (QED) is 0.895. The summed E-state index contributed by atoms with van der Waals surface area (Å²) in [6.07, 6.45) is -0.675. The molecule has 0 aromatic heterocycles. The summed E-state index contributed by atoms with van der Waals surface area (Å²) in [5, 5.41) is 12.0. The van der Waals surface area contributed by atoms with E-state index in [2.05, 4.69) is 5.32 Å². The van der Waals surface area contributed by atoms with E-state index in [0.29, 0.717) is 10.6 Å². The number of hydrogen-bond acceptors (Lipinski definition) is 3. The van der Waals surface area contributed by atoms with Crippen LogP contribution >= 0.6 is 11.6 Å². The van der Waals surface area contributed by atoms with Gasteiger partial charge in [0.2, 0.25) is 0 Å². The largest absolute Gasteiger partial charge is 0.480 e. The van der Waals surface area contributed by atoms with Crippen LogP contribution in [0.1, 0.15) is 31.9 Å². The number of hydrogen-bond donors (Lipinski definition) is 2. The van der Waals surface area contributed by atoms with Crippen LogP contribution in [0, 0.1) is 6.92 Å². The summed E-state index contributed by atoms with van der Waals surface area (Å²) in [5.41, 5.74) is 0.954. The first kappa shape index (κ1) is 17.3. The molecule has 0 heterocycles. The van der Waals surface area contributed by atoms with E-state index >= 15 is 0 Å². The molecule has 0 spiro atoms. The summed E-state index contributed by atoms with van der Waals surface area (Å²) in [5.74, 6) is -1.14. The zero-order valence-corrected chi connectivity index (χ0v) is 13.3. The Morgan fingerprint density at radius 3 is 2.48 bits per heavy atom. The molecule has 0 aliphatic carbocycles. The zero-order chi connectivity index (χ0) is 16.2. The number of benzene rings is 1. The van der Waals surface area contributed by atoms with Gasteiger partial charge in [-0.1, -0.05) is 23.7 Å². The molecule has 0 fully saturated rings. The summed E-state index contributed by atoms with van der Waals surface area (Å²) >= 11 is 6.08. The van der Waals surface area contributed by atoms with Crippen LogP contribution in [0.2, 0.25) is 5.02 Å². The lowest BCUT2D eigenvalue weighted by Gasteiger charge is -2.22. The molecular weight excluding hydrogens is 294 g/mol. The monoisotopic (exact) mass is 313 g/mol. The minimum Gasteiger partial charge on any atom is -0.480 e. The molecule has 21 heavy (non-hydrogen) atoms. The van der Waals surface area contributed by atoms with Gasteiger partial charge in [-0.15, -0.1) is 0 Å². The number of halogens is 1. The van der Waals surface area contributed by atoms with Gasteiger partial charge >= 0.3 is 12.1 Å². The molecule has 116 valence electrons. The van der Waals surface area contributed by atoms with Crippen molar-refractivity contribution in [2.24, 2.45) is 0 Å². The van der Waals surface area contributed by atoms with Crippen LogP contribution in [0.25, 0.3) is 0 Å². The number of alkyl carbamates (subject to hydrolysis) is 1. The maximum atomic E-state index is 11.7. The third kappa shape index (κ3) is 6.04. The average molecular weight is 314 g/mol. The van der Waals surface area contributed by atoms with Crippen molar-refractivity contribution in [1.82, 2.24) is 5.32 Å². The maximum Gasteiger partial charge on any atom is 0.408 e. The van der Waals surface area contributed by atoms with Gasteiger partial charge in [0.05, 0.1) is 0 Å². The zero-order valence-electron chi connectivity index (χ0n) is 12.6. The van der Waals surface area contributed by atoms with Gasteiger partial charge in [0.1, 0.15) is 11.6 Å². The molecule has 0 saturated carbocycles. The Kier molecular flexibility index (Phi) is 5.61. The van der Waals surface area contributed by atoms with Crippen molar-refractivity contribution in [3.63, 3.8) is 0 Å². The number of nitrogens with one attached hydrogen (secondary N) is 1. The molecule has 0 bridgehead atoms. The Balaban J connectivity index is 2.79. The lowest BCUT2D eigenvalue weighted by molar-refractivity contribution is -0.139. The summed E-state index contributed by atoms with van der Waals surface area (Å²) in [4.78, 5) is 22.9. The Morgan fingerprint density at radius 2 is 2.00 bits per heavy atom. The standard InChI is InChI=1S/C15H20ClNO4/c1-9-5-6-10(11(16)7-9)8-12(13(18)19)17-14(20)21-15(2,3)4/h5-7,12H,8H2,1-4H3,(H,17,20)(H,18,19)/t12-/m0/s1. The van der Waals surface area contributed by atoms with E-state index in [1.165, 1.54) is 0 Å². The molecule has 1 rings (SSSR count). The minimum atomic E-state index is -1.14. The Labute approximate surface area is 129 Å². The topological polar surface area (TPSA) is 75.6 Å². The molecule has 1 atom stereocenters. The first-order valence-electron chi connectivity index (χ1n) is 6.56. The number of carbonyl (C=O) groups is 2. The van der Waals surface area contributed by atoms with Crippen molar-refractivity contribution in [1.29, 1.82) is 0 Å². The normalized spacial score (nSPS) is 12.6. The predicted molar refractivity (Wildman–Crippen MR) is 80.7 cm³/mol. The number of carboxylic acids is 1. The molecule has 1 amide bonds. The third-order valence-electron chi connectivity index (χ3n) is 2.62. The number of amides is 1. The molecule has 2 N–H and O–H groups in total. The van der Waals surface area contributed by atoms with Crippen molar-refractivity contribution >= 4 is 23.7 Å². The van der Waals surface area contributed by atoms with Crippen LogP contribution in [0.15, 0.2) is 18.2 Å². The Bertz CT molecular complexity index is 537. The van der Waals surface area contributed by atoms with Crippen LogP contribution in [0.3, 0.4) is 0 Å². The number of aliphatic carboxylic acids is 1. The number of rotatable bonds is 4. The average Bonchev–Trinajstić information content (AvgIpc) is 2.28. The minimum absolute atomic E-state index is 0.0910. The Morgan fingerprint density at radius 1 is 1.38 bits per heavy atom. The summed E-state index contributed by atoms with van der Waals surface area (Å²) in [6, 6.07) is 4.25. The van der Waals surface area contributed by atoms with Crippen LogP contribution < -0.4 is 5.32 Å². The number of aryl methyl sites for hydroxylation is 1. The van der Waals surface area contributed by atoms with Gasteiger partial charge in [0.15, 0.2) is 0 Å². The van der Waals surface area contributed by atoms with E-state index in [-0.39, 0.29) is 6.42 Å². The van der Waals surface area contributed by atoms with Crippen LogP contribution in [-0.4, -0.2) is 28.8 Å². The third-order valence-corrected chi connectivity index (χ3v) is 2.97. The van der Waals surface area contributed by atoms with Crippen molar-refractivity contribution in [3.8, 4) is 0 Å². The van der Waals surface area contributed by atoms with Crippen molar-refractivity contribution in [2.75, 3.05) is 0 Å². The highest BCUT2D eigenvalue weighted by atomic mass is 35.5. The summed E-state index contributed by atoms with van der Waals surface area (Å²) in [6.45, 7) is 7.01. The maximum absolute atomic E-state index is 11.7. The molecule has 1 aromatic carbocycles. The fraction of sp³-hybridized carbons (Fsp3) is 0.467. The Hall–Kier alpha value is -1.75. The highest BCUT2D eigenvalue weighted by molar-refractivity contribution is 6.31. The summed E-state index contributed by atoms with van der Waals surface area (Å²) < 4.78 is 5.06. The number of carbonyl (C=O) groups excluding carboxylic acids is 1. The lowest BCUT2D eigenvalue weighted by Crippen LogP contribution is -2.44. The highest BCUT2D eigenvalue weighted by Crippen LogP contribution is 2.19. The number of carboxylic acid groups (broad SMARTS) is 1. The van der Waals surface area contributed by atoms with Crippen LogP contribution in [-0.2, 0) is 16.0 Å². The van der Waals surface area contributed by atoms with E-state index in [4.69, 9.17) is 16.3 Å². The molecule has 0 radical (unpaired) electrons. The van der Waals surface area contributed by atoms with Gasteiger partial charge in [-0.3, -0.25) is 0 Å². The first-order chi connectivity index (χ1) is 9.58. The van der Waals surface area contributed by atoms with Gasteiger partial charge in [-0.25, -0.2) is 9.59 Å². The second-order valence-corrected chi connectivity index (χ2v) is 6.24. The fourth-order valence-electron chi connectivity index (χ4n) is 1.69. The molecule has 5 nitrogen and oxygen atoms in total. The molecule has 1 aromatic rings. The van der Waals surface area contributed by atoms with Gasteiger partial charge in [0, 0.05) is 11.4 Å². The van der Waals surface area contributed by atoms with Gasteiger partial charge in [-0.05, 0) is 44.9 Å². The smallest absolute Gasteiger partial charge is 0.408 e. The van der Waals surface area contributed by atoms with E-state index in [0.717, 1.165) is 5.56 Å². The van der Waals surface area contributed by atoms with Gasteiger partial charge in [0.25, 0.3) is 0 Å². The molecule has 0 saturated heterocycles. The predicted octanol–water partition coefficient (Wildman–Crippen LogP) is 3.17. The summed E-state index contributed by atoms with van der Waals surface area (Å²) in [7, 11) is 0. The SMILES string of the molecule is Cc1ccc(C[C@H](NC(=O)OC(C)(C)C)C(=O)O)c(Cl)c1. The van der Waals surface area contributed by atoms with Crippen molar-refractivity contribution in [2.45, 2.75) is 45.8 Å².